The highest BCUT2D eigenvalue weighted by Gasteiger charge is 2.14. The normalized spacial score (nSPS) is 12.2. The zero-order valence-corrected chi connectivity index (χ0v) is 14.3. The van der Waals surface area contributed by atoms with E-state index in [1.54, 1.807) is 18.2 Å². The van der Waals surface area contributed by atoms with Gasteiger partial charge in [-0.2, -0.15) is 5.10 Å². The van der Waals surface area contributed by atoms with Gasteiger partial charge < -0.3 is 4.74 Å². The van der Waals surface area contributed by atoms with Crippen molar-refractivity contribution in [2.24, 2.45) is 10.5 Å². The van der Waals surface area contributed by atoms with Crippen LogP contribution in [0.4, 0.5) is 0 Å². The Morgan fingerprint density at radius 3 is 2.65 bits per heavy atom. The Balaban J connectivity index is 2.52. The number of rotatable bonds is 4. The number of benzene rings is 1. The van der Waals surface area contributed by atoms with Crippen LogP contribution >= 0.6 is 27.5 Å². The summed E-state index contributed by atoms with van der Waals surface area (Å²) >= 11 is 9.14. The van der Waals surface area contributed by atoms with Crippen LogP contribution in [0.1, 0.15) is 27.7 Å². The van der Waals surface area contributed by atoms with Crippen LogP contribution in [0.3, 0.4) is 0 Å². The monoisotopic (exact) mass is 360 g/mol. The van der Waals surface area contributed by atoms with Gasteiger partial charge in [0.15, 0.2) is 6.61 Å². The summed E-state index contributed by atoms with van der Waals surface area (Å²) in [4.78, 5) is 11.6. The maximum atomic E-state index is 11.6. The van der Waals surface area contributed by atoms with Crippen LogP contribution in [0.15, 0.2) is 27.8 Å². The molecule has 0 saturated heterocycles. The minimum Gasteiger partial charge on any atom is -0.483 e. The van der Waals surface area contributed by atoms with E-state index in [4.69, 9.17) is 16.3 Å². The first-order valence-corrected chi connectivity index (χ1v) is 7.28. The molecule has 110 valence electrons. The summed E-state index contributed by atoms with van der Waals surface area (Å²) in [5.74, 6) is 0.247. The third-order valence-corrected chi connectivity index (χ3v) is 3.54. The van der Waals surface area contributed by atoms with E-state index in [1.165, 1.54) is 0 Å². The number of hydrazone groups is 1. The van der Waals surface area contributed by atoms with Crippen molar-refractivity contribution in [3.63, 3.8) is 0 Å². The molecule has 1 rings (SSSR count). The zero-order chi connectivity index (χ0) is 15.3. The average molecular weight is 362 g/mol. The lowest BCUT2D eigenvalue weighted by molar-refractivity contribution is -0.123. The van der Waals surface area contributed by atoms with E-state index in [-0.39, 0.29) is 17.9 Å². The summed E-state index contributed by atoms with van der Waals surface area (Å²) < 4.78 is 6.09. The molecule has 0 bridgehead atoms. The predicted molar refractivity (Wildman–Crippen MR) is 85.4 cm³/mol. The molecule has 1 aromatic rings. The fourth-order valence-electron chi connectivity index (χ4n) is 1.08. The largest absolute Gasteiger partial charge is 0.483 e. The van der Waals surface area contributed by atoms with E-state index in [0.29, 0.717) is 15.2 Å². The standard InChI is InChI=1S/C14H18BrClN2O2/c1-9(14(2,3)4)17-18-13(19)8-20-12-6-5-10(16)7-11(12)15/h5-7H,8H2,1-4H3,(H,18,19)/b17-9+. The van der Waals surface area contributed by atoms with Crippen molar-refractivity contribution in [2.45, 2.75) is 27.7 Å². The molecule has 0 aliphatic heterocycles. The summed E-state index contributed by atoms with van der Waals surface area (Å²) in [7, 11) is 0. The SMILES string of the molecule is C/C(=N\NC(=O)COc1ccc(Cl)cc1Br)C(C)(C)C. The highest BCUT2D eigenvalue weighted by molar-refractivity contribution is 9.10. The molecule has 0 aromatic heterocycles. The van der Waals surface area contributed by atoms with Crippen LogP contribution in [0.25, 0.3) is 0 Å². The number of nitrogens with zero attached hydrogens (tertiary/aromatic N) is 1. The third kappa shape index (κ3) is 5.51. The van der Waals surface area contributed by atoms with Crippen molar-refractivity contribution in [1.82, 2.24) is 5.43 Å². The Morgan fingerprint density at radius 1 is 1.45 bits per heavy atom. The Labute approximate surface area is 132 Å². The first-order valence-electron chi connectivity index (χ1n) is 6.11. The van der Waals surface area contributed by atoms with Crippen molar-refractivity contribution < 1.29 is 9.53 Å². The zero-order valence-electron chi connectivity index (χ0n) is 12.0. The number of halogens is 2. The van der Waals surface area contributed by atoms with Gasteiger partial charge in [0.1, 0.15) is 5.75 Å². The predicted octanol–water partition coefficient (Wildman–Crippen LogP) is 4.02. The second-order valence-electron chi connectivity index (χ2n) is 5.35. The van der Waals surface area contributed by atoms with E-state index in [9.17, 15) is 4.79 Å². The van der Waals surface area contributed by atoms with Crippen LogP contribution in [-0.4, -0.2) is 18.2 Å². The van der Waals surface area contributed by atoms with E-state index in [0.717, 1.165) is 5.71 Å². The first kappa shape index (κ1) is 17.0. The van der Waals surface area contributed by atoms with Gasteiger partial charge in [-0.05, 0) is 41.1 Å². The molecule has 0 fully saturated rings. The maximum absolute atomic E-state index is 11.6. The quantitative estimate of drug-likeness (QED) is 0.650. The second kappa shape index (κ2) is 7.09. The molecule has 0 atom stereocenters. The summed E-state index contributed by atoms with van der Waals surface area (Å²) in [5, 5.41) is 4.64. The van der Waals surface area contributed by atoms with Gasteiger partial charge in [0, 0.05) is 16.1 Å². The van der Waals surface area contributed by atoms with Crippen molar-refractivity contribution in [1.29, 1.82) is 0 Å². The topological polar surface area (TPSA) is 50.7 Å². The van der Waals surface area contributed by atoms with Gasteiger partial charge >= 0.3 is 0 Å². The second-order valence-corrected chi connectivity index (χ2v) is 6.64. The fraction of sp³-hybridized carbons (Fsp3) is 0.429. The minimum absolute atomic E-state index is 0.0760. The third-order valence-electron chi connectivity index (χ3n) is 2.69. The highest BCUT2D eigenvalue weighted by atomic mass is 79.9. The van der Waals surface area contributed by atoms with Crippen molar-refractivity contribution in [3.8, 4) is 5.75 Å². The Morgan fingerprint density at radius 2 is 2.10 bits per heavy atom. The first-order chi connectivity index (χ1) is 9.20. The molecular weight excluding hydrogens is 344 g/mol. The van der Waals surface area contributed by atoms with Crippen LogP contribution < -0.4 is 10.2 Å². The Bertz CT molecular complexity index is 524. The molecule has 1 amide bonds. The summed E-state index contributed by atoms with van der Waals surface area (Å²) in [6.07, 6.45) is 0. The molecule has 0 heterocycles. The lowest BCUT2D eigenvalue weighted by Gasteiger charge is -2.17. The molecule has 0 saturated carbocycles. The van der Waals surface area contributed by atoms with E-state index in [2.05, 4.69) is 26.5 Å². The molecule has 0 unspecified atom stereocenters. The van der Waals surface area contributed by atoms with Gasteiger partial charge in [0.2, 0.25) is 0 Å². The van der Waals surface area contributed by atoms with Gasteiger partial charge in [-0.25, -0.2) is 5.43 Å². The molecule has 4 nitrogen and oxygen atoms in total. The molecule has 0 aliphatic rings. The van der Waals surface area contributed by atoms with Gasteiger partial charge in [0.25, 0.3) is 5.91 Å². The van der Waals surface area contributed by atoms with Crippen LogP contribution in [-0.2, 0) is 4.79 Å². The summed E-state index contributed by atoms with van der Waals surface area (Å²) in [6, 6.07) is 5.10. The Kier molecular flexibility index (Phi) is 6.02. The van der Waals surface area contributed by atoms with E-state index in [1.807, 2.05) is 27.7 Å². The summed E-state index contributed by atoms with van der Waals surface area (Å²) in [5.41, 5.74) is 3.24. The molecular formula is C14H18BrClN2O2. The van der Waals surface area contributed by atoms with E-state index < -0.39 is 0 Å². The lowest BCUT2D eigenvalue weighted by Crippen LogP contribution is -2.28. The number of nitrogens with one attached hydrogen (secondary N) is 1. The number of ether oxygens (including phenoxy) is 1. The molecule has 0 spiro atoms. The number of hydrogen-bond donors (Lipinski definition) is 1. The maximum Gasteiger partial charge on any atom is 0.277 e. The smallest absolute Gasteiger partial charge is 0.277 e. The van der Waals surface area contributed by atoms with Crippen LogP contribution in [0, 0.1) is 5.41 Å². The number of carbonyl (C=O) groups excluding carboxylic acids is 1. The van der Waals surface area contributed by atoms with Crippen LogP contribution in [0.2, 0.25) is 5.02 Å². The summed E-state index contributed by atoms with van der Waals surface area (Å²) in [6.45, 7) is 7.84. The Hall–Kier alpha value is -1.07. The molecule has 0 aliphatic carbocycles. The average Bonchev–Trinajstić information content (AvgIpc) is 2.33. The van der Waals surface area contributed by atoms with Crippen LogP contribution in [0.5, 0.6) is 5.75 Å². The van der Waals surface area contributed by atoms with Crippen molar-refractivity contribution in [3.05, 3.63) is 27.7 Å². The van der Waals surface area contributed by atoms with Gasteiger partial charge in [0.05, 0.1) is 4.47 Å². The number of amides is 1. The molecule has 1 aromatic carbocycles. The van der Waals surface area contributed by atoms with Gasteiger partial charge in [-0.15, -0.1) is 0 Å². The minimum atomic E-state index is -0.310. The molecule has 1 N–H and O–H groups in total. The van der Waals surface area contributed by atoms with Gasteiger partial charge in [-0.3, -0.25) is 4.79 Å². The fourth-order valence-corrected chi connectivity index (χ4v) is 1.88. The number of carbonyl (C=O) groups is 1. The van der Waals surface area contributed by atoms with Gasteiger partial charge in [-0.1, -0.05) is 32.4 Å². The molecule has 20 heavy (non-hydrogen) atoms. The van der Waals surface area contributed by atoms with E-state index >= 15 is 0 Å². The molecule has 0 radical (unpaired) electrons. The van der Waals surface area contributed by atoms with Crippen molar-refractivity contribution in [2.75, 3.05) is 6.61 Å². The lowest BCUT2D eigenvalue weighted by atomic mass is 9.91. The molecule has 6 heteroatoms. The highest BCUT2D eigenvalue weighted by Crippen LogP contribution is 2.27. The number of hydrogen-bond acceptors (Lipinski definition) is 3. The van der Waals surface area contributed by atoms with Crippen molar-refractivity contribution >= 4 is 39.1 Å².